The van der Waals surface area contributed by atoms with Crippen molar-refractivity contribution in [2.24, 2.45) is 0 Å². The van der Waals surface area contributed by atoms with Crippen molar-refractivity contribution in [2.75, 3.05) is 31.3 Å². The highest BCUT2D eigenvalue weighted by molar-refractivity contribution is 7.89. The van der Waals surface area contributed by atoms with Crippen molar-refractivity contribution in [1.29, 1.82) is 0 Å². The molecule has 0 aromatic heterocycles. The Kier molecular flexibility index (Phi) is 6.28. The molecule has 0 radical (unpaired) electrons. The molecule has 0 unspecified atom stereocenters. The number of nitrogens with one attached hydrogen (secondary N) is 2. The first-order chi connectivity index (χ1) is 12.1. The number of amides is 1. The van der Waals surface area contributed by atoms with Gasteiger partial charge in [0.2, 0.25) is 15.9 Å². The minimum atomic E-state index is -3.55. The predicted molar refractivity (Wildman–Crippen MR) is 105 cm³/mol. The van der Waals surface area contributed by atoms with Gasteiger partial charge in [-0.15, -0.1) is 0 Å². The molecule has 26 heavy (non-hydrogen) atoms. The van der Waals surface area contributed by atoms with Gasteiger partial charge in [0.25, 0.3) is 0 Å². The molecule has 0 fully saturated rings. The summed E-state index contributed by atoms with van der Waals surface area (Å²) in [4.78, 5) is 12.3. The number of aryl methyl sites for hydroxylation is 2. The summed E-state index contributed by atoms with van der Waals surface area (Å²) < 4.78 is 25.9. The van der Waals surface area contributed by atoms with Crippen LogP contribution in [0.2, 0.25) is 5.02 Å². The van der Waals surface area contributed by atoms with E-state index < -0.39 is 10.0 Å². The van der Waals surface area contributed by atoms with Crippen LogP contribution in [0, 0.1) is 13.8 Å². The van der Waals surface area contributed by atoms with Crippen molar-refractivity contribution >= 4 is 38.9 Å². The Bertz CT molecular complexity index is 927. The maximum atomic E-state index is 12.4. The van der Waals surface area contributed by atoms with E-state index in [2.05, 4.69) is 10.6 Å². The van der Waals surface area contributed by atoms with Gasteiger partial charge < -0.3 is 10.6 Å². The lowest BCUT2D eigenvalue weighted by Gasteiger charge is -2.15. The minimum absolute atomic E-state index is 0.0191. The number of benzene rings is 2. The molecule has 0 aliphatic rings. The number of hydrogen-bond acceptors (Lipinski definition) is 4. The minimum Gasteiger partial charge on any atom is -0.376 e. The molecule has 0 bridgehead atoms. The van der Waals surface area contributed by atoms with E-state index in [4.69, 9.17) is 11.6 Å². The molecule has 140 valence electrons. The third-order valence-electron chi connectivity index (χ3n) is 3.80. The van der Waals surface area contributed by atoms with Crippen molar-refractivity contribution in [3.63, 3.8) is 0 Å². The van der Waals surface area contributed by atoms with Crippen molar-refractivity contribution < 1.29 is 13.2 Å². The molecule has 2 N–H and O–H groups in total. The molecule has 0 aliphatic carbocycles. The molecule has 0 heterocycles. The number of rotatable bonds is 6. The van der Waals surface area contributed by atoms with E-state index in [1.807, 2.05) is 13.0 Å². The number of nitrogens with zero attached hydrogens (tertiary/aromatic N) is 1. The molecule has 1 amide bonds. The zero-order chi connectivity index (χ0) is 19.5. The zero-order valence-electron chi connectivity index (χ0n) is 15.1. The van der Waals surface area contributed by atoms with Gasteiger partial charge >= 0.3 is 0 Å². The maximum Gasteiger partial charge on any atom is 0.243 e. The van der Waals surface area contributed by atoms with Gasteiger partial charge in [0.1, 0.15) is 0 Å². The normalized spacial score (nSPS) is 11.5. The SMILES string of the molecule is Cc1ccc(NC(=O)CNc2ccc(C)c(S(=O)(=O)N(C)C)c2)c(Cl)c1. The van der Waals surface area contributed by atoms with Gasteiger partial charge in [0.15, 0.2) is 0 Å². The number of halogens is 1. The van der Waals surface area contributed by atoms with Crippen LogP contribution in [-0.4, -0.2) is 39.3 Å². The molecule has 2 aromatic carbocycles. The monoisotopic (exact) mass is 395 g/mol. The van der Waals surface area contributed by atoms with Gasteiger partial charge in [-0.05, 0) is 49.2 Å². The van der Waals surface area contributed by atoms with Gasteiger partial charge in [-0.25, -0.2) is 12.7 Å². The van der Waals surface area contributed by atoms with Gasteiger partial charge in [-0.3, -0.25) is 4.79 Å². The number of carbonyl (C=O) groups is 1. The van der Waals surface area contributed by atoms with E-state index >= 15 is 0 Å². The first-order valence-electron chi connectivity index (χ1n) is 7.94. The second kappa shape index (κ2) is 8.07. The standard InChI is InChI=1S/C18H22ClN3O3S/c1-12-5-8-16(15(19)9-12)21-18(23)11-20-14-7-6-13(2)17(10-14)26(24,25)22(3)4/h5-10,20H,11H2,1-4H3,(H,21,23). The highest BCUT2D eigenvalue weighted by Gasteiger charge is 2.20. The quantitative estimate of drug-likeness (QED) is 0.786. The number of carbonyl (C=O) groups excluding carboxylic acids is 1. The Morgan fingerprint density at radius 3 is 2.42 bits per heavy atom. The molecule has 0 atom stereocenters. The van der Waals surface area contributed by atoms with Crippen LogP contribution in [0.1, 0.15) is 11.1 Å². The van der Waals surface area contributed by atoms with Crippen LogP contribution < -0.4 is 10.6 Å². The second-order valence-corrected chi connectivity index (χ2v) is 8.68. The summed E-state index contributed by atoms with van der Waals surface area (Å²) in [7, 11) is -0.592. The fraction of sp³-hybridized carbons (Fsp3) is 0.278. The smallest absolute Gasteiger partial charge is 0.243 e. The van der Waals surface area contributed by atoms with Crippen LogP contribution in [0.25, 0.3) is 0 Å². The molecule has 0 saturated heterocycles. The van der Waals surface area contributed by atoms with E-state index in [0.717, 1.165) is 9.87 Å². The summed E-state index contributed by atoms with van der Waals surface area (Å²) in [6.07, 6.45) is 0. The van der Waals surface area contributed by atoms with Gasteiger partial charge in [0, 0.05) is 19.8 Å². The van der Waals surface area contributed by atoms with Crippen molar-refractivity contribution in [3.8, 4) is 0 Å². The Labute approximate surface area is 159 Å². The average Bonchev–Trinajstić information content (AvgIpc) is 2.56. The molecule has 8 heteroatoms. The third kappa shape index (κ3) is 4.75. The highest BCUT2D eigenvalue weighted by atomic mass is 35.5. The lowest BCUT2D eigenvalue weighted by molar-refractivity contribution is -0.114. The fourth-order valence-electron chi connectivity index (χ4n) is 2.28. The Hall–Kier alpha value is -2.09. The van der Waals surface area contributed by atoms with Crippen LogP contribution in [0.4, 0.5) is 11.4 Å². The van der Waals surface area contributed by atoms with E-state index in [-0.39, 0.29) is 17.3 Å². The Morgan fingerprint density at radius 1 is 1.12 bits per heavy atom. The van der Waals surface area contributed by atoms with Crippen LogP contribution in [-0.2, 0) is 14.8 Å². The Morgan fingerprint density at radius 2 is 1.81 bits per heavy atom. The molecule has 6 nitrogen and oxygen atoms in total. The van der Waals surface area contributed by atoms with Crippen LogP contribution in [0.3, 0.4) is 0 Å². The summed E-state index contributed by atoms with van der Waals surface area (Å²) in [5.41, 5.74) is 2.71. The summed E-state index contributed by atoms with van der Waals surface area (Å²) >= 11 is 6.10. The van der Waals surface area contributed by atoms with Gasteiger partial charge in [-0.2, -0.15) is 0 Å². The van der Waals surface area contributed by atoms with Crippen LogP contribution in [0.5, 0.6) is 0 Å². The average molecular weight is 396 g/mol. The highest BCUT2D eigenvalue weighted by Crippen LogP contribution is 2.24. The van der Waals surface area contributed by atoms with E-state index in [1.54, 1.807) is 31.2 Å². The molecule has 0 saturated carbocycles. The molecule has 2 aromatic rings. The lowest BCUT2D eigenvalue weighted by atomic mass is 10.2. The summed E-state index contributed by atoms with van der Waals surface area (Å²) in [6, 6.07) is 10.3. The van der Waals surface area contributed by atoms with E-state index in [1.165, 1.54) is 20.2 Å². The van der Waals surface area contributed by atoms with Gasteiger partial charge in [-0.1, -0.05) is 23.7 Å². The largest absolute Gasteiger partial charge is 0.376 e. The Balaban J connectivity index is 2.09. The third-order valence-corrected chi connectivity index (χ3v) is 6.07. The first kappa shape index (κ1) is 20.2. The number of sulfonamides is 1. The summed E-state index contributed by atoms with van der Waals surface area (Å²) in [5.74, 6) is -0.284. The maximum absolute atomic E-state index is 12.4. The van der Waals surface area contributed by atoms with Gasteiger partial charge in [0.05, 0.1) is 22.2 Å². The first-order valence-corrected chi connectivity index (χ1v) is 9.76. The number of anilines is 2. The predicted octanol–water partition coefficient (Wildman–Crippen LogP) is 3.26. The molecule has 0 spiro atoms. The molecule has 0 aliphatic heterocycles. The second-order valence-electron chi connectivity index (χ2n) is 6.15. The van der Waals surface area contributed by atoms with E-state index in [9.17, 15) is 13.2 Å². The van der Waals surface area contributed by atoms with Crippen molar-refractivity contribution in [1.82, 2.24) is 4.31 Å². The summed E-state index contributed by atoms with van der Waals surface area (Å²) in [5, 5.41) is 6.12. The lowest BCUT2D eigenvalue weighted by Crippen LogP contribution is -2.24. The molecular formula is C18H22ClN3O3S. The van der Waals surface area contributed by atoms with Crippen molar-refractivity contribution in [2.45, 2.75) is 18.7 Å². The number of hydrogen-bond donors (Lipinski definition) is 2. The zero-order valence-corrected chi connectivity index (χ0v) is 16.7. The summed E-state index contributed by atoms with van der Waals surface area (Å²) in [6.45, 7) is 3.62. The van der Waals surface area contributed by atoms with Crippen LogP contribution in [0.15, 0.2) is 41.3 Å². The fourth-order valence-corrected chi connectivity index (χ4v) is 3.71. The van der Waals surface area contributed by atoms with Crippen molar-refractivity contribution in [3.05, 3.63) is 52.5 Å². The molecule has 2 rings (SSSR count). The molecular weight excluding hydrogens is 374 g/mol. The van der Waals surface area contributed by atoms with Crippen LogP contribution >= 0.6 is 11.6 Å². The van der Waals surface area contributed by atoms with E-state index in [0.29, 0.717) is 22.0 Å². The topological polar surface area (TPSA) is 78.5 Å².